The fraction of sp³-hybridized carbons (Fsp3) is 0.125. The maximum Gasteiger partial charge on any atom is 0.168 e. The van der Waals surface area contributed by atoms with Crippen molar-refractivity contribution in [1.82, 2.24) is 0 Å². The van der Waals surface area contributed by atoms with Crippen LogP contribution in [0.15, 0.2) is 49.1 Å². The molecule has 1 N–H and O–H groups in total. The highest BCUT2D eigenvalue weighted by atomic mass is 16.5. The first-order chi connectivity index (χ1) is 9.29. The van der Waals surface area contributed by atoms with Crippen LogP contribution in [0.1, 0.15) is 11.1 Å². The molecule has 3 nitrogen and oxygen atoms in total. The third-order valence-corrected chi connectivity index (χ3v) is 3.10. The molecule has 0 saturated carbocycles. The second-order valence-electron chi connectivity index (χ2n) is 4.38. The average Bonchev–Trinajstić information content (AvgIpc) is 2.44. The van der Waals surface area contributed by atoms with Gasteiger partial charge in [0, 0.05) is 12.0 Å². The Hall–Kier alpha value is -2.42. The highest BCUT2D eigenvalue weighted by molar-refractivity contribution is 5.59. The Labute approximate surface area is 111 Å². The van der Waals surface area contributed by atoms with E-state index in [1.54, 1.807) is 18.2 Å². The van der Waals surface area contributed by atoms with E-state index in [9.17, 15) is 5.11 Å². The largest absolute Gasteiger partial charge is 0.504 e. The molecule has 2 aromatic rings. The average molecular weight is 254 g/mol. The molecule has 1 aliphatic rings. The number of hydrogen-bond donors (Lipinski definition) is 1. The van der Waals surface area contributed by atoms with Crippen molar-refractivity contribution < 1.29 is 14.6 Å². The van der Waals surface area contributed by atoms with Gasteiger partial charge in [-0.1, -0.05) is 30.9 Å². The first-order valence-electron chi connectivity index (χ1n) is 6.14. The Morgan fingerprint density at radius 1 is 1.21 bits per heavy atom. The van der Waals surface area contributed by atoms with Crippen molar-refractivity contribution in [2.45, 2.75) is 6.42 Å². The van der Waals surface area contributed by atoms with Gasteiger partial charge in [0.1, 0.15) is 18.1 Å². The molecule has 3 heteroatoms. The van der Waals surface area contributed by atoms with Gasteiger partial charge in [-0.25, -0.2) is 0 Å². The molecular formula is C16H14O3. The highest BCUT2D eigenvalue weighted by Gasteiger charge is 2.22. The lowest BCUT2D eigenvalue weighted by Gasteiger charge is -2.22. The molecule has 0 saturated heterocycles. The summed E-state index contributed by atoms with van der Waals surface area (Å²) in [6.07, 6.45) is 2.34. The van der Waals surface area contributed by atoms with E-state index in [4.69, 9.17) is 9.47 Å². The van der Waals surface area contributed by atoms with Gasteiger partial charge in [0.25, 0.3) is 0 Å². The summed E-state index contributed by atoms with van der Waals surface area (Å²) in [5.74, 6) is 2.20. The van der Waals surface area contributed by atoms with Gasteiger partial charge in [-0.05, 0) is 23.8 Å². The van der Waals surface area contributed by atoms with Crippen LogP contribution in [-0.4, -0.2) is 11.7 Å². The van der Waals surface area contributed by atoms with Crippen molar-refractivity contribution in [2.75, 3.05) is 6.61 Å². The van der Waals surface area contributed by atoms with Crippen LogP contribution in [0.4, 0.5) is 0 Å². The summed E-state index contributed by atoms with van der Waals surface area (Å²) in [5, 5.41) is 9.93. The summed E-state index contributed by atoms with van der Waals surface area (Å²) in [7, 11) is 0. The van der Waals surface area contributed by atoms with Crippen molar-refractivity contribution in [3.05, 3.63) is 60.2 Å². The van der Waals surface area contributed by atoms with Gasteiger partial charge in [0.15, 0.2) is 11.5 Å². The standard InChI is InChI=1S/C16H14O3/c1-2-9-18-16-12-10-11-5-3-4-6-14(11)19-15(12)8-7-13(16)17/h2-8,17H,1,9-10H2. The Kier molecular flexibility index (Phi) is 2.88. The number of benzene rings is 2. The number of phenolic OH excluding ortho intramolecular Hbond substituents is 1. The van der Waals surface area contributed by atoms with E-state index in [0.29, 0.717) is 18.8 Å². The van der Waals surface area contributed by atoms with Crippen LogP contribution >= 0.6 is 0 Å². The minimum atomic E-state index is 0.128. The first-order valence-corrected chi connectivity index (χ1v) is 6.14. The maximum absolute atomic E-state index is 9.93. The van der Waals surface area contributed by atoms with Gasteiger partial charge in [-0.2, -0.15) is 0 Å². The zero-order chi connectivity index (χ0) is 13.2. The summed E-state index contributed by atoms with van der Waals surface area (Å²) in [5.41, 5.74) is 1.96. The number of para-hydroxylation sites is 1. The molecule has 0 spiro atoms. The molecule has 1 aliphatic heterocycles. The first kappa shape index (κ1) is 11.7. The minimum absolute atomic E-state index is 0.128. The third kappa shape index (κ3) is 2.03. The van der Waals surface area contributed by atoms with E-state index < -0.39 is 0 Å². The Morgan fingerprint density at radius 3 is 2.89 bits per heavy atom. The van der Waals surface area contributed by atoms with Crippen LogP contribution < -0.4 is 9.47 Å². The summed E-state index contributed by atoms with van der Waals surface area (Å²) in [4.78, 5) is 0. The second kappa shape index (κ2) is 4.69. The number of phenols is 1. The van der Waals surface area contributed by atoms with E-state index in [2.05, 4.69) is 6.58 Å². The number of hydrogen-bond acceptors (Lipinski definition) is 3. The second-order valence-corrected chi connectivity index (χ2v) is 4.38. The van der Waals surface area contributed by atoms with Gasteiger partial charge in [0.05, 0.1) is 0 Å². The van der Waals surface area contributed by atoms with Crippen molar-refractivity contribution in [3.8, 4) is 23.0 Å². The number of ether oxygens (including phenoxy) is 2. The quantitative estimate of drug-likeness (QED) is 0.725. The van der Waals surface area contributed by atoms with Crippen molar-refractivity contribution in [1.29, 1.82) is 0 Å². The molecule has 0 bridgehead atoms. The fourth-order valence-corrected chi connectivity index (χ4v) is 2.22. The molecule has 0 aliphatic carbocycles. The molecular weight excluding hydrogens is 240 g/mol. The Morgan fingerprint density at radius 2 is 2.05 bits per heavy atom. The molecule has 2 aromatic carbocycles. The summed E-state index contributed by atoms with van der Waals surface area (Å²) in [6, 6.07) is 11.2. The monoisotopic (exact) mass is 254 g/mol. The van der Waals surface area contributed by atoms with E-state index in [0.717, 1.165) is 22.6 Å². The van der Waals surface area contributed by atoms with Crippen LogP contribution in [0.25, 0.3) is 0 Å². The van der Waals surface area contributed by atoms with Gasteiger partial charge < -0.3 is 14.6 Å². The van der Waals surface area contributed by atoms with Gasteiger partial charge in [-0.15, -0.1) is 0 Å². The van der Waals surface area contributed by atoms with E-state index in [1.165, 1.54) is 0 Å². The van der Waals surface area contributed by atoms with Crippen LogP contribution in [0.2, 0.25) is 0 Å². The smallest absolute Gasteiger partial charge is 0.168 e. The minimum Gasteiger partial charge on any atom is -0.504 e. The lowest BCUT2D eigenvalue weighted by atomic mass is 9.99. The fourth-order valence-electron chi connectivity index (χ4n) is 2.22. The molecule has 0 radical (unpaired) electrons. The van der Waals surface area contributed by atoms with Crippen LogP contribution in [0.5, 0.6) is 23.0 Å². The normalized spacial score (nSPS) is 12.0. The zero-order valence-electron chi connectivity index (χ0n) is 10.4. The predicted octanol–water partition coefficient (Wildman–Crippen LogP) is 3.65. The molecule has 0 aromatic heterocycles. The number of rotatable bonds is 3. The van der Waals surface area contributed by atoms with Crippen LogP contribution in [-0.2, 0) is 6.42 Å². The summed E-state index contributed by atoms with van der Waals surface area (Å²) in [6.45, 7) is 3.97. The molecule has 1 heterocycles. The number of aromatic hydroxyl groups is 1. The van der Waals surface area contributed by atoms with E-state index >= 15 is 0 Å². The van der Waals surface area contributed by atoms with Crippen molar-refractivity contribution in [2.24, 2.45) is 0 Å². The molecule has 0 fully saturated rings. The van der Waals surface area contributed by atoms with E-state index in [-0.39, 0.29) is 5.75 Å². The lowest BCUT2D eigenvalue weighted by molar-refractivity contribution is 0.328. The molecule has 19 heavy (non-hydrogen) atoms. The van der Waals surface area contributed by atoms with Gasteiger partial charge >= 0.3 is 0 Å². The third-order valence-electron chi connectivity index (χ3n) is 3.10. The van der Waals surface area contributed by atoms with Gasteiger partial charge in [0.2, 0.25) is 0 Å². The topological polar surface area (TPSA) is 38.7 Å². The predicted molar refractivity (Wildman–Crippen MR) is 73.1 cm³/mol. The van der Waals surface area contributed by atoms with Crippen molar-refractivity contribution in [3.63, 3.8) is 0 Å². The summed E-state index contributed by atoms with van der Waals surface area (Å²) >= 11 is 0. The summed E-state index contributed by atoms with van der Waals surface area (Å²) < 4.78 is 11.4. The molecule has 96 valence electrons. The van der Waals surface area contributed by atoms with Gasteiger partial charge in [-0.3, -0.25) is 0 Å². The Bertz CT molecular complexity index is 632. The SMILES string of the molecule is C=CCOc1c(O)ccc2c1Cc1ccccc1O2. The molecule has 0 amide bonds. The van der Waals surface area contributed by atoms with Crippen LogP contribution in [0, 0.1) is 0 Å². The number of fused-ring (bicyclic) bond motifs is 2. The van der Waals surface area contributed by atoms with Crippen molar-refractivity contribution >= 4 is 0 Å². The molecule has 3 rings (SSSR count). The maximum atomic E-state index is 9.93. The van der Waals surface area contributed by atoms with E-state index in [1.807, 2.05) is 24.3 Å². The Balaban J connectivity index is 2.05. The van der Waals surface area contributed by atoms with Crippen LogP contribution in [0.3, 0.4) is 0 Å². The molecule has 0 unspecified atom stereocenters. The zero-order valence-corrected chi connectivity index (χ0v) is 10.4. The molecule has 0 atom stereocenters. The lowest BCUT2D eigenvalue weighted by Crippen LogP contribution is -2.06. The highest BCUT2D eigenvalue weighted by Crippen LogP contribution is 2.44.